The fourth-order valence-electron chi connectivity index (χ4n) is 3.29. The van der Waals surface area contributed by atoms with Crippen molar-refractivity contribution >= 4 is 43.5 Å². The van der Waals surface area contributed by atoms with Crippen LogP contribution in [0.4, 0.5) is 5.69 Å². The predicted molar refractivity (Wildman–Crippen MR) is 135 cm³/mol. The Morgan fingerprint density at radius 3 is 2.27 bits per heavy atom. The van der Waals surface area contributed by atoms with Crippen LogP contribution in [0.5, 0.6) is 0 Å². The number of hydrogen-bond donors (Lipinski definition) is 1. The van der Waals surface area contributed by atoms with Gasteiger partial charge in [0.2, 0.25) is 21.8 Å². The first-order valence-corrected chi connectivity index (χ1v) is 13.2. The molecule has 1 N–H and O–H groups in total. The molecule has 0 radical (unpaired) electrons. The first-order valence-electron chi connectivity index (χ1n) is 10.6. The van der Waals surface area contributed by atoms with E-state index in [0.717, 1.165) is 26.2 Å². The maximum Gasteiger partial charge on any atom is 0.244 e. The van der Waals surface area contributed by atoms with Crippen LogP contribution in [0.25, 0.3) is 0 Å². The molecule has 0 saturated heterocycles. The number of aryl methyl sites for hydroxylation is 1. The molecule has 0 spiro atoms. The van der Waals surface area contributed by atoms with Crippen LogP contribution in [0, 0.1) is 6.92 Å². The Labute approximate surface area is 205 Å². The lowest BCUT2D eigenvalue weighted by molar-refractivity contribution is -0.140. The van der Waals surface area contributed by atoms with E-state index in [0.29, 0.717) is 5.69 Å². The van der Waals surface area contributed by atoms with Crippen LogP contribution in [0.1, 0.15) is 38.8 Å². The van der Waals surface area contributed by atoms with E-state index in [2.05, 4.69) is 21.2 Å². The number of amides is 2. The normalized spacial score (nSPS) is 12.7. The highest BCUT2D eigenvalue weighted by Crippen LogP contribution is 2.21. The van der Waals surface area contributed by atoms with Crippen molar-refractivity contribution < 1.29 is 18.0 Å². The number of halogens is 1. The van der Waals surface area contributed by atoms with Crippen LogP contribution in [0.15, 0.2) is 53.0 Å². The molecule has 2 rings (SSSR count). The lowest BCUT2D eigenvalue weighted by Gasteiger charge is -2.33. The minimum atomic E-state index is -3.74. The first kappa shape index (κ1) is 26.9. The molecule has 2 aromatic rings. The van der Waals surface area contributed by atoms with Gasteiger partial charge in [-0.2, -0.15) is 0 Å². The third-order valence-electron chi connectivity index (χ3n) is 4.88. The van der Waals surface area contributed by atoms with Crippen molar-refractivity contribution in [1.29, 1.82) is 0 Å². The van der Waals surface area contributed by atoms with E-state index >= 15 is 0 Å². The van der Waals surface area contributed by atoms with Crippen molar-refractivity contribution in [3.63, 3.8) is 0 Å². The highest BCUT2D eigenvalue weighted by Gasteiger charge is 2.31. The van der Waals surface area contributed by atoms with Crippen LogP contribution in [0.3, 0.4) is 0 Å². The number of hydrogen-bond acceptors (Lipinski definition) is 4. The molecule has 0 aliphatic carbocycles. The molecule has 0 unspecified atom stereocenters. The molecule has 0 fully saturated rings. The molecule has 33 heavy (non-hydrogen) atoms. The van der Waals surface area contributed by atoms with Gasteiger partial charge in [0, 0.05) is 16.6 Å². The van der Waals surface area contributed by atoms with Gasteiger partial charge in [0.25, 0.3) is 0 Å². The molecule has 0 aliphatic rings. The smallest absolute Gasteiger partial charge is 0.244 e. The summed E-state index contributed by atoms with van der Waals surface area (Å²) in [5.74, 6) is -0.786. The van der Waals surface area contributed by atoms with E-state index in [1.165, 1.54) is 4.90 Å². The van der Waals surface area contributed by atoms with Crippen molar-refractivity contribution in [2.45, 2.75) is 52.7 Å². The molecule has 0 heterocycles. The quantitative estimate of drug-likeness (QED) is 0.553. The van der Waals surface area contributed by atoms with Gasteiger partial charge in [-0.3, -0.25) is 13.9 Å². The van der Waals surface area contributed by atoms with Gasteiger partial charge in [0.15, 0.2) is 0 Å². The van der Waals surface area contributed by atoms with Gasteiger partial charge in [0.05, 0.1) is 11.9 Å². The highest BCUT2D eigenvalue weighted by atomic mass is 79.9. The Morgan fingerprint density at radius 1 is 1.09 bits per heavy atom. The summed E-state index contributed by atoms with van der Waals surface area (Å²) in [5.41, 5.74) is 1.61. The monoisotopic (exact) mass is 537 g/mol. The minimum absolute atomic E-state index is 0.155. The zero-order valence-electron chi connectivity index (χ0n) is 19.9. The van der Waals surface area contributed by atoms with Crippen molar-refractivity contribution in [1.82, 2.24) is 10.2 Å². The summed E-state index contributed by atoms with van der Waals surface area (Å²) in [5, 5.41) is 2.90. The molecule has 9 heteroatoms. The Balaban J connectivity index is 2.41. The summed E-state index contributed by atoms with van der Waals surface area (Å²) in [6.07, 6.45) is 1.07. The highest BCUT2D eigenvalue weighted by molar-refractivity contribution is 9.10. The second-order valence-electron chi connectivity index (χ2n) is 9.18. The van der Waals surface area contributed by atoms with Gasteiger partial charge in [-0.1, -0.05) is 40.2 Å². The first-order chi connectivity index (χ1) is 15.2. The van der Waals surface area contributed by atoms with E-state index in [-0.39, 0.29) is 12.5 Å². The molecule has 7 nitrogen and oxygen atoms in total. The van der Waals surface area contributed by atoms with Crippen LogP contribution in [-0.2, 0) is 26.2 Å². The van der Waals surface area contributed by atoms with E-state index in [1.54, 1.807) is 25.1 Å². The third-order valence-corrected chi connectivity index (χ3v) is 6.51. The van der Waals surface area contributed by atoms with Gasteiger partial charge in [-0.05, 0) is 70.0 Å². The topological polar surface area (TPSA) is 86.8 Å². The van der Waals surface area contributed by atoms with Gasteiger partial charge in [-0.25, -0.2) is 8.42 Å². The number of benzene rings is 2. The summed E-state index contributed by atoms with van der Waals surface area (Å²) >= 11 is 3.43. The molecule has 0 aliphatic heterocycles. The predicted octanol–water partition coefficient (Wildman–Crippen LogP) is 3.86. The van der Waals surface area contributed by atoms with Crippen LogP contribution in [-0.4, -0.2) is 49.5 Å². The number of nitrogens with zero attached hydrogens (tertiary/aromatic N) is 2. The number of carbonyl (C=O) groups excluding carboxylic acids is 2. The Kier molecular flexibility index (Phi) is 8.70. The summed E-state index contributed by atoms with van der Waals surface area (Å²) in [7, 11) is -3.74. The van der Waals surface area contributed by atoms with E-state index in [1.807, 2.05) is 58.0 Å². The van der Waals surface area contributed by atoms with E-state index in [9.17, 15) is 18.0 Å². The largest absolute Gasteiger partial charge is 0.350 e. The number of anilines is 1. The molecular weight excluding hydrogens is 506 g/mol. The van der Waals surface area contributed by atoms with Crippen molar-refractivity contribution in [2.75, 3.05) is 17.1 Å². The maximum atomic E-state index is 13.5. The maximum absolute atomic E-state index is 13.5. The standard InChI is InChI=1S/C24H32BrN3O4S/c1-17-9-7-12-21(13-17)28(33(6,31)32)16-22(29)27(15-19-10-8-11-20(25)14-19)18(2)23(30)26-24(3,4)5/h7-14,18H,15-16H2,1-6H3,(H,26,30)/t18-/m1/s1. The van der Waals surface area contributed by atoms with Crippen molar-refractivity contribution in [3.8, 4) is 0 Å². The summed E-state index contributed by atoms with van der Waals surface area (Å²) in [6.45, 7) is 8.83. The second kappa shape index (κ2) is 10.7. The minimum Gasteiger partial charge on any atom is -0.350 e. The fourth-order valence-corrected chi connectivity index (χ4v) is 4.57. The lowest BCUT2D eigenvalue weighted by Crippen LogP contribution is -2.54. The Bertz CT molecular complexity index is 1110. The summed E-state index contributed by atoms with van der Waals surface area (Å²) in [4.78, 5) is 27.8. The molecule has 0 saturated carbocycles. The molecule has 1 atom stereocenters. The molecule has 2 aromatic carbocycles. The molecule has 0 aromatic heterocycles. The Morgan fingerprint density at radius 2 is 1.73 bits per heavy atom. The van der Waals surface area contributed by atoms with Crippen LogP contribution in [0.2, 0.25) is 0 Å². The number of sulfonamides is 1. The van der Waals surface area contributed by atoms with E-state index < -0.39 is 34.1 Å². The molecule has 2 amide bonds. The number of nitrogens with one attached hydrogen (secondary N) is 1. The van der Waals surface area contributed by atoms with Gasteiger partial charge < -0.3 is 10.2 Å². The van der Waals surface area contributed by atoms with Crippen LogP contribution < -0.4 is 9.62 Å². The van der Waals surface area contributed by atoms with Crippen molar-refractivity contribution in [3.05, 3.63) is 64.1 Å². The average Bonchev–Trinajstić information content (AvgIpc) is 2.67. The summed E-state index contributed by atoms with van der Waals surface area (Å²) in [6, 6.07) is 13.6. The lowest BCUT2D eigenvalue weighted by atomic mass is 10.1. The molecule has 180 valence electrons. The van der Waals surface area contributed by atoms with Gasteiger partial charge in [-0.15, -0.1) is 0 Å². The van der Waals surface area contributed by atoms with Crippen molar-refractivity contribution in [2.24, 2.45) is 0 Å². The zero-order chi connectivity index (χ0) is 25.0. The fraction of sp³-hybridized carbons (Fsp3) is 0.417. The Hall–Kier alpha value is -2.39. The second-order valence-corrected chi connectivity index (χ2v) is 12.0. The van der Waals surface area contributed by atoms with Gasteiger partial charge >= 0.3 is 0 Å². The summed E-state index contributed by atoms with van der Waals surface area (Å²) < 4.78 is 27.0. The van der Waals surface area contributed by atoms with Crippen LogP contribution >= 0.6 is 15.9 Å². The molecule has 0 bridgehead atoms. The SMILES string of the molecule is Cc1cccc(N(CC(=O)N(Cc2cccc(Br)c2)[C@H](C)C(=O)NC(C)(C)C)S(C)(=O)=O)c1. The third kappa shape index (κ3) is 8.16. The number of rotatable bonds is 8. The number of carbonyl (C=O) groups is 2. The zero-order valence-corrected chi connectivity index (χ0v) is 22.3. The molecular formula is C24H32BrN3O4S. The van der Waals surface area contributed by atoms with Gasteiger partial charge in [0.1, 0.15) is 12.6 Å². The average molecular weight is 539 g/mol. The van der Waals surface area contributed by atoms with E-state index in [4.69, 9.17) is 0 Å².